The van der Waals surface area contributed by atoms with Gasteiger partial charge in [0.05, 0.1) is 11.4 Å². The first-order chi connectivity index (χ1) is 11.7. The lowest BCUT2D eigenvalue weighted by atomic mass is 10.1. The highest BCUT2D eigenvalue weighted by atomic mass is 32.1. The number of hydrogen-bond acceptors (Lipinski definition) is 6. The van der Waals surface area contributed by atoms with E-state index in [1.165, 1.54) is 5.56 Å². The minimum atomic E-state index is -0.0517. The van der Waals surface area contributed by atoms with E-state index in [1.807, 2.05) is 19.3 Å². The van der Waals surface area contributed by atoms with Crippen LogP contribution >= 0.6 is 11.3 Å². The standard InChI is InChI=1S/C17H21N5OS/c1-4-22-7-6-18-16(22)14-12(5-8-23-14)21-15-13-10(2)9-24-17(13)20-11(3)19-15/h6-7,9,12,14H,4-5,8H2,1-3H3,(H,19,20,21)/t12-,14-/m0/s1. The van der Waals surface area contributed by atoms with E-state index in [9.17, 15) is 0 Å². The molecule has 0 radical (unpaired) electrons. The number of fused-ring (bicyclic) bond motifs is 1. The molecule has 0 spiro atoms. The zero-order valence-corrected chi connectivity index (χ0v) is 14.9. The molecule has 1 fully saturated rings. The van der Waals surface area contributed by atoms with E-state index in [0.717, 1.165) is 47.3 Å². The van der Waals surface area contributed by atoms with Crippen LogP contribution in [0.3, 0.4) is 0 Å². The van der Waals surface area contributed by atoms with Crippen LogP contribution < -0.4 is 5.32 Å². The molecule has 24 heavy (non-hydrogen) atoms. The van der Waals surface area contributed by atoms with Crippen molar-refractivity contribution in [2.24, 2.45) is 0 Å². The smallest absolute Gasteiger partial charge is 0.140 e. The Bertz CT molecular complexity index is 871. The summed E-state index contributed by atoms with van der Waals surface area (Å²) >= 11 is 1.67. The Morgan fingerprint density at radius 3 is 3.08 bits per heavy atom. The van der Waals surface area contributed by atoms with Gasteiger partial charge >= 0.3 is 0 Å². The molecule has 0 aliphatic carbocycles. The third-order valence-electron chi connectivity index (χ3n) is 4.49. The summed E-state index contributed by atoms with van der Waals surface area (Å²) in [6.45, 7) is 7.78. The van der Waals surface area contributed by atoms with Gasteiger partial charge in [-0.25, -0.2) is 15.0 Å². The molecule has 2 atom stereocenters. The zero-order valence-electron chi connectivity index (χ0n) is 14.1. The van der Waals surface area contributed by atoms with Crippen molar-refractivity contribution in [3.63, 3.8) is 0 Å². The van der Waals surface area contributed by atoms with Gasteiger partial charge in [0.2, 0.25) is 0 Å². The Balaban J connectivity index is 1.69. The van der Waals surface area contributed by atoms with E-state index in [4.69, 9.17) is 4.74 Å². The van der Waals surface area contributed by atoms with Gasteiger partial charge in [-0.15, -0.1) is 11.3 Å². The molecule has 6 nitrogen and oxygen atoms in total. The fraction of sp³-hybridized carbons (Fsp3) is 0.471. The summed E-state index contributed by atoms with van der Waals surface area (Å²) in [6.07, 6.45) is 4.73. The average molecular weight is 343 g/mol. The Morgan fingerprint density at radius 2 is 2.25 bits per heavy atom. The van der Waals surface area contributed by atoms with E-state index in [-0.39, 0.29) is 12.1 Å². The van der Waals surface area contributed by atoms with Crippen molar-refractivity contribution in [2.75, 3.05) is 11.9 Å². The number of aryl methyl sites for hydroxylation is 3. The van der Waals surface area contributed by atoms with Crippen LogP contribution in [0.15, 0.2) is 17.8 Å². The normalized spacial score (nSPS) is 20.8. The van der Waals surface area contributed by atoms with Gasteiger partial charge in [0.1, 0.15) is 28.4 Å². The van der Waals surface area contributed by atoms with E-state index < -0.39 is 0 Å². The minimum Gasteiger partial charge on any atom is -0.368 e. The van der Waals surface area contributed by atoms with Crippen LogP contribution in [-0.4, -0.2) is 32.2 Å². The second-order valence-corrected chi connectivity index (χ2v) is 6.98. The number of aromatic nitrogens is 4. The maximum atomic E-state index is 5.99. The minimum absolute atomic E-state index is 0.0517. The van der Waals surface area contributed by atoms with Gasteiger partial charge < -0.3 is 14.6 Å². The van der Waals surface area contributed by atoms with Crippen molar-refractivity contribution in [2.45, 2.75) is 45.9 Å². The lowest BCUT2D eigenvalue weighted by Gasteiger charge is -2.21. The molecule has 0 aromatic carbocycles. The van der Waals surface area contributed by atoms with Crippen molar-refractivity contribution in [1.29, 1.82) is 0 Å². The van der Waals surface area contributed by atoms with Gasteiger partial charge in [-0.1, -0.05) is 0 Å². The van der Waals surface area contributed by atoms with Crippen LogP contribution in [0.25, 0.3) is 10.2 Å². The number of anilines is 1. The molecule has 0 amide bonds. The summed E-state index contributed by atoms with van der Waals surface area (Å²) in [5.74, 6) is 2.68. The summed E-state index contributed by atoms with van der Waals surface area (Å²) < 4.78 is 8.13. The molecule has 1 aliphatic heterocycles. The molecule has 1 N–H and O–H groups in total. The first-order valence-electron chi connectivity index (χ1n) is 8.29. The number of rotatable bonds is 4. The average Bonchev–Trinajstić information content (AvgIpc) is 3.26. The van der Waals surface area contributed by atoms with Crippen molar-refractivity contribution in [3.8, 4) is 0 Å². The Hall–Kier alpha value is -1.99. The van der Waals surface area contributed by atoms with E-state index in [2.05, 4.69) is 44.1 Å². The highest BCUT2D eigenvalue weighted by Crippen LogP contribution is 2.34. The predicted molar refractivity (Wildman–Crippen MR) is 95.5 cm³/mol. The molecule has 3 aromatic rings. The van der Waals surface area contributed by atoms with E-state index in [1.54, 1.807) is 11.3 Å². The van der Waals surface area contributed by atoms with Crippen LogP contribution in [0.1, 0.15) is 36.7 Å². The number of nitrogens with one attached hydrogen (secondary N) is 1. The van der Waals surface area contributed by atoms with E-state index >= 15 is 0 Å². The molecule has 0 bridgehead atoms. The third kappa shape index (κ3) is 2.57. The molecule has 3 aromatic heterocycles. The zero-order chi connectivity index (χ0) is 16.7. The summed E-state index contributed by atoms with van der Waals surface area (Å²) in [5, 5.41) is 6.87. The summed E-state index contributed by atoms with van der Waals surface area (Å²) in [6, 6.07) is 0.162. The largest absolute Gasteiger partial charge is 0.368 e. The summed E-state index contributed by atoms with van der Waals surface area (Å²) in [4.78, 5) is 14.8. The van der Waals surface area contributed by atoms with Crippen molar-refractivity contribution < 1.29 is 4.74 Å². The molecule has 4 heterocycles. The molecule has 1 aliphatic rings. The summed E-state index contributed by atoms with van der Waals surface area (Å²) in [7, 11) is 0. The number of imidazole rings is 1. The molecule has 126 valence electrons. The SMILES string of the molecule is CCn1ccnc1[C@H]1OCC[C@@H]1Nc1nc(C)nc2scc(C)c12. The second kappa shape index (κ2) is 6.14. The molecular formula is C17H21N5OS. The van der Waals surface area contributed by atoms with Crippen LogP contribution in [0.5, 0.6) is 0 Å². The fourth-order valence-electron chi connectivity index (χ4n) is 3.31. The highest BCUT2D eigenvalue weighted by Gasteiger charge is 2.33. The van der Waals surface area contributed by atoms with Gasteiger partial charge in [-0.3, -0.25) is 0 Å². The van der Waals surface area contributed by atoms with Gasteiger partial charge in [0, 0.05) is 25.5 Å². The topological polar surface area (TPSA) is 64.9 Å². The second-order valence-electron chi connectivity index (χ2n) is 6.12. The molecule has 1 saturated heterocycles. The highest BCUT2D eigenvalue weighted by molar-refractivity contribution is 7.17. The Labute approximate surface area is 144 Å². The van der Waals surface area contributed by atoms with Crippen molar-refractivity contribution in [1.82, 2.24) is 19.5 Å². The maximum Gasteiger partial charge on any atom is 0.140 e. The molecule has 0 unspecified atom stereocenters. The third-order valence-corrected chi connectivity index (χ3v) is 5.48. The molecular weight excluding hydrogens is 322 g/mol. The lowest BCUT2D eigenvalue weighted by Crippen LogP contribution is -2.26. The molecule has 0 saturated carbocycles. The monoisotopic (exact) mass is 343 g/mol. The van der Waals surface area contributed by atoms with E-state index in [0.29, 0.717) is 0 Å². The van der Waals surface area contributed by atoms with Crippen LogP contribution in [0.4, 0.5) is 5.82 Å². The van der Waals surface area contributed by atoms with Crippen LogP contribution in [0.2, 0.25) is 0 Å². The molecule has 4 rings (SSSR count). The van der Waals surface area contributed by atoms with Crippen molar-refractivity contribution >= 4 is 27.4 Å². The van der Waals surface area contributed by atoms with Gasteiger partial charge in [0.25, 0.3) is 0 Å². The van der Waals surface area contributed by atoms with Crippen LogP contribution in [-0.2, 0) is 11.3 Å². The predicted octanol–water partition coefficient (Wildman–Crippen LogP) is 3.47. The van der Waals surface area contributed by atoms with Gasteiger partial charge in [0.15, 0.2) is 0 Å². The Morgan fingerprint density at radius 1 is 1.38 bits per heavy atom. The first kappa shape index (κ1) is 15.5. The number of ether oxygens (including phenoxy) is 1. The fourth-order valence-corrected chi connectivity index (χ4v) is 4.27. The Kier molecular flexibility index (Phi) is 3.97. The van der Waals surface area contributed by atoms with Gasteiger partial charge in [-0.2, -0.15) is 0 Å². The molecule has 7 heteroatoms. The number of thiophene rings is 1. The van der Waals surface area contributed by atoms with Crippen molar-refractivity contribution in [3.05, 3.63) is 35.0 Å². The first-order valence-corrected chi connectivity index (χ1v) is 9.17. The number of nitrogens with zero attached hydrogens (tertiary/aromatic N) is 4. The quantitative estimate of drug-likeness (QED) is 0.786. The lowest BCUT2D eigenvalue weighted by molar-refractivity contribution is 0.0976. The van der Waals surface area contributed by atoms with Gasteiger partial charge in [-0.05, 0) is 38.1 Å². The maximum absolute atomic E-state index is 5.99. The summed E-state index contributed by atoms with van der Waals surface area (Å²) in [5.41, 5.74) is 1.21. The van der Waals surface area contributed by atoms with Crippen LogP contribution in [0, 0.1) is 13.8 Å². The number of hydrogen-bond donors (Lipinski definition) is 1.